The summed E-state index contributed by atoms with van der Waals surface area (Å²) in [6.45, 7) is 4.19. The predicted molar refractivity (Wildman–Crippen MR) is 125 cm³/mol. The molecule has 1 amide bonds. The molecule has 1 aromatic carbocycles. The van der Waals surface area contributed by atoms with Crippen LogP contribution in [0.1, 0.15) is 25.1 Å². The summed E-state index contributed by atoms with van der Waals surface area (Å²) in [4.78, 5) is 24.3. The van der Waals surface area contributed by atoms with Gasteiger partial charge in [-0.05, 0) is 38.1 Å². The van der Waals surface area contributed by atoms with E-state index in [1.54, 1.807) is 18.5 Å². The SMILES string of the molecule is Cl.O=C(Nc1cnccc1OCCN1CCCC1)C1=C(O)CCn2c1nc1ccccc12. The Kier molecular flexibility index (Phi) is 6.62. The largest absolute Gasteiger partial charge is 0.511 e. The highest BCUT2D eigenvalue weighted by Gasteiger charge is 2.28. The number of anilines is 1. The molecular formula is C23H26ClN5O3. The number of benzene rings is 1. The minimum Gasteiger partial charge on any atom is -0.511 e. The Morgan fingerprint density at radius 1 is 1.16 bits per heavy atom. The second kappa shape index (κ2) is 9.58. The van der Waals surface area contributed by atoms with E-state index in [0.29, 0.717) is 36.8 Å². The molecule has 0 aliphatic carbocycles. The van der Waals surface area contributed by atoms with Crippen molar-refractivity contribution in [2.24, 2.45) is 0 Å². The van der Waals surface area contributed by atoms with Crippen molar-refractivity contribution in [2.75, 3.05) is 31.6 Å². The lowest BCUT2D eigenvalue weighted by molar-refractivity contribution is -0.111. The van der Waals surface area contributed by atoms with Gasteiger partial charge in [0.25, 0.3) is 5.91 Å². The number of nitrogens with zero attached hydrogens (tertiary/aromatic N) is 4. The summed E-state index contributed by atoms with van der Waals surface area (Å²) < 4.78 is 7.91. The number of likely N-dealkylation sites (tertiary alicyclic amines) is 1. The van der Waals surface area contributed by atoms with Crippen molar-refractivity contribution in [3.8, 4) is 5.75 Å². The molecule has 168 valence electrons. The highest BCUT2D eigenvalue weighted by Crippen LogP contribution is 2.31. The number of halogens is 1. The molecule has 4 heterocycles. The number of rotatable bonds is 6. The van der Waals surface area contributed by atoms with Gasteiger partial charge in [0.2, 0.25) is 0 Å². The Morgan fingerprint density at radius 3 is 2.81 bits per heavy atom. The molecule has 0 unspecified atom stereocenters. The molecule has 0 radical (unpaired) electrons. The molecule has 0 saturated carbocycles. The summed E-state index contributed by atoms with van der Waals surface area (Å²) in [5, 5.41) is 13.4. The number of aromatic nitrogens is 3. The van der Waals surface area contributed by atoms with Crippen LogP contribution in [0.5, 0.6) is 5.75 Å². The van der Waals surface area contributed by atoms with Crippen molar-refractivity contribution in [2.45, 2.75) is 25.8 Å². The van der Waals surface area contributed by atoms with Crippen molar-refractivity contribution in [1.29, 1.82) is 0 Å². The molecule has 5 rings (SSSR count). The van der Waals surface area contributed by atoms with E-state index in [1.807, 2.05) is 28.8 Å². The molecule has 3 aromatic rings. The van der Waals surface area contributed by atoms with Crippen molar-refractivity contribution < 1.29 is 14.6 Å². The Bertz CT molecular complexity index is 1150. The van der Waals surface area contributed by atoms with Crippen LogP contribution in [0.3, 0.4) is 0 Å². The first kappa shape index (κ1) is 22.1. The van der Waals surface area contributed by atoms with Crippen molar-refractivity contribution in [3.63, 3.8) is 0 Å². The number of imidazole rings is 1. The molecule has 0 atom stereocenters. The zero-order chi connectivity index (χ0) is 21.2. The number of carbonyl (C=O) groups is 1. The lowest BCUT2D eigenvalue weighted by Gasteiger charge is -2.19. The maximum atomic E-state index is 13.2. The van der Waals surface area contributed by atoms with Gasteiger partial charge in [0.1, 0.15) is 35.2 Å². The van der Waals surface area contributed by atoms with Gasteiger partial charge in [0, 0.05) is 31.8 Å². The van der Waals surface area contributed by atoms with E-state index in [-0.39, 0.29) is 23.7 Å². The molecule has 32 heavy (non-hydrogen) atoms. The van der Waals surface area contributed by atoms with Crippen LogP contribution in [0.15, 0.2) is 48.5 Å². The molecule has 2 aliphatic rings. The first-order chi connectivity index (χ1) is 15.2. The van der Waals surface area contributed by atoms with Gasteiger partial charge >= 0.3 is 0 Å². The van der Waals surface area contributed by atoms with Gasteiger partial charge in [-0.15, -0.1) is 12.4 Å². The monoisotopic (exact) mass is 455 g/mol. The van der Waals surface area contributed by atoms with Crippen molar-refractivity contribution in [3.05, 3.63) is 54.3 Å². The molecule has 1 saturated heterocycles. The van der Waals surface area contributed by atoms with Crippen LogP contribution in [0.25, 0.3) is 16.6 Å². The number of carbonyl (C=O) groups excluding carboxylic acids is 1. The lowest BCUT2D eigenvalue weighted by Crippen LogP contribution is -2.25. The van der Waals surface area contributed by atoms with Crippen LogP contribution in [0.4, 0.5) is 5.69 Å². The smallest absolute Gasteiger partial charge is 0.263 e. The molecule has 2 N–H and O–H groups in total. The molecule has 2 aromatic heterocycles. The van der Waals surface area contributed by atoms with E-state index in [4.69, 9.17) is 4.74 Å². The minimum absolute atomic E-state index is 0. The number of amides is 1. The van der Waals surface area contributed by atoms with E-state index in [0.717, 1.165) is 30.7 Å². The Labute approximate surface area is 192 Å². The van der Waals surface area contributed by atoms with Gasteiger partial charge in [-0.2, -0.15) is 0 Å². The molecule has 2 aliphatic heterocycles. The summed E-state index contributed by atoms with van der Waals surface area (Å²) >= 11 is 0. The zero-order valence-electron chi connectivity index (χ0n) is 17.7. The normalized spacial score (nSPS) is 16.0. The number of ether oxygens (including phenoxy) is 1. The highest BCUT2D eigenvalue weighted by molar-refractivity contribution is 6.25. The van der Waals surface area contributed by atoms with Crippen LogP contribution in [-0.4, -0.2) is 56.7 Å². The minimum atomic E-state index is -0.425. The third-order valence-corrected chi connectivity index (χ3v) is 5.86. The fourth-order valence-electron chi connectivity index (χ4n) is 4.27. The molecule has 0 bridgehead atoms. The average molecular weight is 456 g/mol. The Morgan fingerprint density at radius 2 is 1.97 bits per heavy atom. The van der Waals surface area contributed by atoms with Gasteiger partial charge in [0.05, 0.1) is 17.2 Å². The van der Waals surface area contributed by atoms with Crippen LogP contribution >= 0.6 is 12.4 Å². The van der Waals surface area contributed by atoms with Gasteiger partial charge in [-0.1, -0.05) is 12.1 Å². The summed E-state index contributed by atoms with van der Waals surface area (Å²) in [5.74, 6) is 0.654. The van der Waals surface area contributed by atoms with Crippen LogP contribution in [0.2, 0.25) is 0 Å². The summed E-state index contributed by atoms with van der Waals surface area (Å²) in [7, 11) is 0. The fourth-order valence-corrected chi connectivity index (χ4v) is 4.27. The number of hydrogen-bond acceptors (Lipinski definition) is 6. The number of allylic oxidation sites excluding steroid dienone is 1. The van der Waals surface area contributed by atoms with E-state index >= 15 is 0 Å². The molecule has 9 heteroatoms. The Hall–Kier alpha value is -3.10. The first-order valence-electron chi connectivity index (χ1n) is 10.7. The third-order valence-electron chi connectivity index (χ3n) is 5.86. The average Bonchev–Trinajstić information content (AvgIpc) is 3.42. The second-order valence-corrected chi connectivity index (χ2v) is 7.87. The topological polar surface area (TPSA) is 92.5 Å². The van der Waals surface area contributed by atoms with Crippen LogP contribution in [-0.2, 0) is 11.3 Å². The summed E-state index contributed by atoms with van der Waals surface area (Å²) in [5.41, 5.74) is 2.41. The zero-order valence-corrected chi connectivity index (χ0v) is 18.5. The van der Waals surface area contributed by atoms with Crippen molar-refractivity contribution in [1.82, 2.24) is 19.4 Å². The van der Waals surface area contributed by atoms with Gasteiger partial charge in [-0.25, -0.2) is 4.98 Å². The van der Waals surface area contributed by atoms with Crippen molar-refractivity contribution >= 4 is 40.6 Å². The van der Waals surface area contributed by atoms with Crippen LogP contribution in [0, 0.1) is 0 Å². The van der Waals surface area contributed by atoms with Gasteiger partial charge in [0.15, 0.2) is 0 Å². The maximum absolute atomic E-state index is 13.2. The first-order valence-corrected chi connectivity index (χ1v) is 10.7. The number of aliphatic hydroxyl groups is 1. The van der Waals surface area contributed by atoms with Gasteiger partial charge in [-0.3, -0.25) is 14.7 Å². The maximum Gasteiger partial charge on any atom is 0.263 e. The number of aliphatic hydroxyl groups excluding tert-OH is 1. The molecule has 8 nitrogen and oxygen atoms in total. The molecule has 1 fully saturated rings. The highest BCUT2D eigenvalue weighted by atomic mass is 35.5. The predicted octanol–water partition coefficient (Wildman–Crippen LogP) is 3.64. The number of pyridine rings is 1. The lowest BCUT2D eigenvalue weighted by atomic mass is 10.1. The van der Waals surface area contributed by atoms with Gasteiger partial charge < -0.3 is 19.7 Å². The van der Waals surface area contributed by atoms with Crippen LogP contribution < -0.4 is 10.1 Å². The van der Waals surface area contributed by atoms with E-state index in [2.05, 4.69) is 20.2 Å². The molecule has 0 spiro atoms. The van der Waals surface area contributed by atoms with E-state index < -0.39 is 5.91 Å². The molecular weight excluding hydrogens is 430 g/mol. The fraction of sp³-hybridized carbons (Fsp3) is 0.348. The number of aryl methyl sites for hydroxylation is 1. The summed E-state index contributed by atoms with van der Waals surface area (Å²) in [6, 6.07) is 9.46. The standard InChI is InChI=1S/C23H25N5O3.ClH/c29-19-8-12-28-18-6-2-1-5-16(18)25-22(28)21(19)23(30)26-17-15-24-9-7-20(17)31-14-13-27-10-3-4-11-27;/h1-2,5-7,9,15,29H,3-4,8,10-14H2,(H,26,30);1H. The number of hydrogen-bond donors (Lipinski definition) is 2. The Balaban J connectivity index is 0.00000245. The number of para-hydroxylation sites is 2. The number of nitrogens with one attached hydrogen (secondary N) is 1. The third kappa shape index (κ3) is 4.28. The number of fused-ring (bicyclic) bond motifs is 3. The second-order valence-electron chi connectivity index (χ2n) is 7.87. The quantitative estimate of drug-likeness (QED) is 0.589. The summed E-state index contributed by atoms with van der Waals surface area (Å²) in [6.07, 6.45) is 6.05. The van der Waals surface area contributed by atoms with E-state index in [1.165, 1.54) is 12.8 Å². The van der Waals surface area contributed by atoms with E-state index in [9.17, 15) is 9.90 Å².